The van der Waals surface area contributed by atoms with Crippen molar-refractivity contribution in [1.82, 2.24) is 0 Å². The van der Waals surface area contributed by atoms with E-state index in [1.165, 1.54) is 23.5 Å². The number of aryl methyl sites for hydroxylation is 1. The fraction of sp³-hybridized carbons (Fsp3) is 0.231. The van der Waals surface area contributed by atoms with E-state index in [-0.39, 0.29) is 5.75 Å². The van der Waals surface area contributed by atoms with Crippen molar-refractivity contribution in [2.75, 3.05) is 0 Å². The summed E-state index contributed by atoms with van der Waals surface area (Å²) in [6.07, 6.45) is -4.72. The molecule has 0 saturated heterocycles. The van der Waals surface area contributed by atoms with Crippen molar-refractivity contribution in [3.8, 4) is 5.75 Å². The molecule has 0 saturated carbocycles. The Morgan fingerprint density at radius 2 is 1.84 bits per heavy atom. The number of hydrogen-bond acceptors (Lipinski definition) is 3. The third kappa shape index (κ3) is 3.27. The summed E-state index contributed by atoms with van der Waals surface area (Å²) < 4.78 is 41.1. The first-order valence-electron chi connectivity index (χ1n) is 5.51. The Balaban J connectivity index is 2.37. The van der Waals surface area contributed by atoms with E-state index in [9.17, 15) is 13.2 Å². The van der Waals surface area contributed by atoms with Gasteiger partial charge in [-0.1, -0.05) is 18.2 Å². The number of ether oxygens (including phenoxy) is 1. The van der Waals surface area contributed by atoms with Crippen LogP contribution in [0.15, 0.2) is 35.0 Å². The second-order valence-corrected chi connectivity index (χ2v) is 4.82. The first kappa shape index (κ1) is 13.9. The van der Waals surface area contributed by atoms with Gasteiger partial charge in [-0.2, -0.15) is 11.3 Å². The molecular formula is C13H12F3NOS. The number of nitrogens with two attached hydrogens (primary N) is 1. The van der Waals surface area contributed by atoms with Crippen molar-refractivity contribution in [2.24, 2.45) is 5.73 Å². The Hall–Kier alpha value is -1.53. The maximum Gasteiger partial charge on any atom is 0.573 e. The highest BCUT2D eigenvalue weighted by Gasteiger charge is 2.32. The van der Waals surface area contributed by atoms with Gasteiger partial charge in [-0.15, -0.1) is 13.2 Å². The predicted molar refractivity (Wildman–Crippen MR) is 68.2 cm³/mol. The maximum atomic E-state index is 12.3. The van der Waals surface area contributed by atoms with Crippen molar-refractivity contribution < 1.29 is 17.9 Å². The molecule has 102 valence electrons. The van der Waals surface area contributed by atoms with Gasteiger partial charge in [0.2, 0.25) is 0 Å². The smallest absolute Gasteiger partial charge is 0.405 e. The molecule has 0 aliphatic carbocycles. The zero-order valence-corrected chi connectivity index (χ0v) is 10.9. The lowest BCUT2D eigenvalue weighted by atomic mass is 9.98. The van der Waals surface area contributed by atoms with Gasteiger partial charge in [-0.25, -0.2) is 0 Å². The van der Waals surface area contributed by atoms with E-state index < -0.39 is 12.4 Å². The summed E-state index contributed by atoms with van der Waals surface area (Å²) in [6.45, 7) is 1.87. The molecule has 2 nitrogen and oxygen atoms in total. The van der Waals surface area contributed by atoms with Crippen LogP contribution < -0.4 is 10.5 Å². The molecule has 2 rings (SSSR count). The lowest BCUT2D eigenvalue weighted by Crippen LogP contribution is -2.20. The Kier molecular flexibility index (Phi) is 3.82. The van der Waals surface area contributed by atoms with Crippen molar-refractivity contribution in [1.29, 1.82) is 0 Å². The average Bonchev–Trinajstić information content (AvgIpc) is 2.73. The van der Waals surface area contributed by atoms with E-state index in [0.717, 1.165) is 11.1 Å². The molecule has 1 aromatic carbocycles. The fourth-order valence-electron chi connectivity index (χ4n) is 1.81. The maximum absolute atomic E-state index is 12.3. The molecule has 1 atom stereocenters. The van der Waals surface area contributed by atoms with Crippen LogP contribution >= 0.6 is 11.3 Å². The normalized spacial score (nSPS) is 13.3. The Morgan fingerprint density at radius 3 is 2.42 bits per heavy atom. The molecule has 0 bridgehead atoms. The number of benzene rings is 1. The van der Waals surface area contributed by atoms with Crippen LogP contribution in [0.5, 0.6) is 5.75 Å². The van der Waals surface area contributed by atoms with Crippen molar-refractivity contribution in [3.63, 3.8) is 0 Å². The molecule has 0 aliphatic heterocycles. The van der Waals surface area contributed by atoms with Gasteiger partial charge in [0.15, 0.2) is 0 Å². The van der Waals surface area contributed by atoms with Crippen LogP contribution in [-0.2, 0) is 0 Å². The van der Waals surface area contributed by atoms with Crippen LogP contribution in [0.1, 0.15) is 22.7 Å². The number of thiophene rings is 1. The monoisotopic (exact) mass is 287 g/mol. The predicted octanol–water partition coefficient (Wildman–Crippen LogP) is 4.00. The van der Waals surface area contributed by atoms with Crippen LogP contribution in [-0.4, -0.2) is 6.36 Å². The molecule has 1 unspecified atom stereocenters. The van der Waals surface area contributed by atoms with Crippen LogP contribution in [0.25, 0.3) is 0 Å². The Morgan fingerprint density at radius 1 is 1.16 bits per heavy atom. The molecule has 2 aromatic rings. The number of alkyl halides is 3. The van der Waals surface area contributed by atoms with E-state index in [1.807, 2.05) is 17.7 Å². The van der Waals surface area contributed by atoms with E-state index in [4.69, 9.17) is 5.73 Å². The first-order valence-corrected chi connectivity index (χ1v) is 6.45. The lowest BCUT2D eigenvalue weighted by molar-refractivity contribution is -0.274. The molecule has 1 heterocycles. The topological polar surface area (TPSA) is 35.2 Å². The average molecular weight is 287 g/mol. The quantitative estimate of drug-likeness (QED) is 0.926. The highest BCUT2D eigenvalue weighted by Crippen LogP contribution is 2.34. The second kappa shape index (κ2) is 5.22. The number of rotatable bonds is 3. The van der Waals surface area contributed by atoms with Crippen molar-refractivity contribution in [3.05, 3.63) is 51.7 Å². The first-order chi connectivity index (χ1) is 8.88. The molecule has 0 spiro atoms. The number of hydrogen-bond donors (Lipinski definition) is 1. The minimum Gasteiger partial charge on any atom is -0.405 e. The Labute approximate surface area is 112 Å². The van der Waals surface area contributed by atoms with Crippen LogP contribution in [0.3, 0.4) is 0 Å². The molecule has 1 aromatic heterocycles. The van der Waals surface area contributed by atoms with Gasteiger partial charge in [0.1, 0.15) is 5.75 Å². The zero-order chi connectivity index (χ0) is 14.0. The van der Waals surface area contributed by atoms with Crippen molar-refractivity contribution >= 4 is 11.3 Å². The molecule has 0 fully saturated rings. The molecule has 0 radical (unpaired) electrons. The summed E-state index contributed by atoms with van der Waals surface area (Å²) in [5, 5.41) is 3.74. The van der Waals surface area contributed by atoms with Crippen LogP contribution in [0, 0.1) is 6.92 Å². The van der Waals surface area contributed by atoms with E-state index in [1.54, 1.807) is 12.1 Å². The summed E-state index contributed by atoms with van der Waals surface area (Å²) in [4.78, 5) is 0. The fourth-order valence-corrected chi connectivity index (χ4v) is 2.70. The molecule has 19 heavy (non-hydrogen) atoms. The molecule has 0 amide bonds. The third-order valence-electron chi connectivity index (χ3n) is 2.71. The van der Waals surface area contributed by atoms with Gasteiger partial charge in [-0.05, 0) is 34.9 Å². The number of para-hydroxylation sites is 1. The van der Waals surface area contributed by atoms with Crippen LogP contribution in [0.2, 0.25) is 0 Å². The SMILES string of the molecule is Cc1cscc1C(N)c1ccccc1OC(F)(F)F. The summed E-state index contributed by atoms with van der Waals surface area (Å²) in [5.41, 5.74) is 8.13. The van der Waals surface area contributed by atoms with Gasteiger partial charge in [0.05, 0.1) is 6.04 Å². The second-order valence-electron chi connectivity index (χ2n) is 4.07. The van der Waals surface area contributed by atoms with Gasteiger partial charge in [0.25, 0.3) is 0 Å². The number of halogens is 3. The summed E-state index contributed by atoms with van der Waals surface area (Å²) in [6, 6.07) is 5.30. The minimum atomic E-state index is -4.72. The van der Waals surface area contributed by atoms with Crippen molar-refractivity contribution in [2.45, 2.75) is 19.3 Å². The van der Waals surface area contributed by atoms with Gasteiger partial charge in [0, 0.05) is 5.56 Å². The zero-order valence-electron chi connectivity index (χ0n) is 10.1. The summed E-state index contributed by atoms with van der Waals surface area (Å²) >= 11 is 1.47. The van der Waals surface area contributed by atoms with Gasteiger partial charge >= 0.3 is 6.36 Å². The summed E-state index contributed by atoms with van der Waals surface area (Å²) in [5.74, 6) is -0.256. The molecule has 6 heteroatoms. The van der Waals surface area contributed by atoms with E-state index in [2.05, 4.69) is 4.74 Å². The molecular weight excluding hydrogens is 275 g/mol. The minimum absolute atomic E-state index is 0.256. The van der Waals surface area contributed by atoms with Crippen LogP contribution in [0.4, 0.5) is 13.2 Å². The highest BCUT2D eigenvalue weighted by atomic mass is 32.1. The van der Waals surface area contributed by atoms with Gasteiger partial charge < -0.3 is 10.5 Å². The third-order valence-corrected chi connectivity index (χ3v) is 3.59. The molecule has 0 aliphatic rings. The van der Waals surface area contributed by atoms with Gasteiger partial charge in [-0.3, -0.25) is 0 Å². The van der Waals surface area contributed by atoms with E-state index >= 15 is 0 Å². The standard InChI is InChI=1S/C13H12F3NOS/c1-8-6-19-7-10(8)12(17)9-4-2-3-5-11(9)18-13(14,15)16/h2-7,12H,17H2,1H3. The van der Waals surface area contributed by atoms with E-state index in [0.29, 0.717) is 5.56 Å². The largest absolute Gasteiger partial charge is 0.573 e. The molecule has 2 N–H and O–H groups in total. The Bertz CT molecular complexity index is 565. The summed E-state index contributed by atoms with van der Waals surface area (Å²) in [7, 11) is 0. The lowest BCUT2D eigenvalue weighted by Gasteiger charge is -2.18. The highest BCUT2D eigenvalue weighted by molar-refractivity contribution is 7.08.